The van der Waals surface area contributed by atoms with Gasteiger partial charge in [0.25, 0.3) is 0 Å². The van der Waals surface area contributed by atoms with Crippen LogP contribution in [0.25, 0.3) is 0 Å². The van der Waals surface area contributed by atoms with E-state index in [1.54, 1.807) is 0 Å². The molecule has 1 atom stereocenters. The van der Waals surface area contributed by atoms with E-state index >= 15 is 0 Å². The molecule has 15 heavy (non-hydrogen) atoms. The molecule has 88 valence electrons. The Kier molecular flexibility index (Phi) is 6.15. The molecular weight excluding hydrogens is 206 g/mol. The lowest BCUT2D eigenvalue weighted by Crippen LogP contribution is -2.32. The Balaban J connectivity index is 2.26. The van der Waals surface area contributed by atoms with Crippen LogP contribution >= 0.6 is 12.6 Å². The molecule has 1 aliphatic heterocycles. The SMILES string of the molecule is CC(CCS)CCN1CCCCCC1=O. The van der Waals surface area contributed by atoms with E-state index < -0.39 is 0 Å². The van der Waals surface area contributed by atoms with Crippen molar-refractivity contribution in [1.29, 1.82) is 0 Å². The molecule has 1 aliphatic rings. The van der Waals surface area contributed by atoms with Gasteiger partial charge in [-0.2, -0.15) is 12.6 Å². The molecule has 0 aliphatic carbocycles. The molecule has 1 heterocycles. The maximum Gasteiger partial charge on any atom is 0.222 e. The Bertz CT molecular complexity index is 196. The van der Waals surface area contributed by atoms with Crippen molar-refractivity contribution >= 4 is 18.5 Å². The fourth-order valence-corrected chi connectivity index (χ4v) is 2.46. The van der Waals surface area contributed by atoms with Gasteiger partial charge in [-0.05, 0) is 37.4 Å². The molecule has 0 N–H and O–H groups in total. The van der Waals surface area contributed by atoms with Crippen molar-refractivity contribution in [3.63, 3.8) is 0 Å². The molecule has 1 rings (SSSR count). The van der Waals surface area contributed by atoms with Crippen LogP contribution in [0.2, 0.25) is 0 Å². The number of rotatable bonds is 5. The summed E-state index contributed by atoms with van der Waals surface area (Å²) in [7, 11) is 0. The van der Waals surface area contributed by atoms with Gasteiger partial charge in [0.1, 0.15) is 0 Å². The zero-order valence-electron chi connectivity index (χ0n) is 9.74. The standard InChI is InChI=1S/C12H23NOS/c1-11(7-10-15)6-9-13-8-4-2-3-5-12(13)14/h11,15H,2-10H2,1H3. The number of amides is 1. The Morgan fingerprint density at radius 2 is 2.13 bits per heavy atom. The van der Waals surface area contributed by atoms with Gasteiger partial charge in [0.15, 0.2) is 0 Å². The minimum atomic E-state index is 0.366. The van der Waals surface area contributed by atoms with Crippen LogP contribution in [0.4, 0.5) is 0 Å². The van der Waals surface area contributed by atoms with E-state index in [1.807, 2.05) is 0 Å². The quantitative estimate of drug-likeness (QED) is 0.719. The first kappa shape index (κ1) is 12.9. The molecule has 0 aromatic carbocycles. The molecule has 0 spiro atoms. The van der Waals surface area contributed by atoms with E-state index in [0.29, 0.717) is 11.8 Å². The van der Waals surface area contributed by atoms with Crippen LogP contribution in [0.5, 0.6) is 0 Å². The van der Waals surface area contributed by atoms with Crippen molar-refractivity contribution < 1.29 is 4.79 Å². The molecule has 0 bridgehead atoms. The summed E-state index contributed by atoms with van der Waals surface area (Å²) in [5, 5.41) is 0. The van der Waals surface area contributed by atoms with E-state index in [9.17, 15) is 4.79 Å². The first-order valence-electron chi connectivity index (χ1n) is 6.12. The van der Waals surface area contributed by atoms with Crippen LogP contribution in [0.3, 0.4) is 0 Å². The second-order valence-corrected chi connectivity index (χ2v) is 5.04. The molecule has 0 radical (unpaired) electrons. The van der Waals surface area contributed by atoms with Gasteiger partial charge in [0.2, 0.25) is 5.91 Å². The van der Waals surface area contributed by atoms with Gasteiger partial charge in [-0.15, -0.1) is 0 Å². The minimum absolute atomic E-state index is 0.366. The van der Waals surface area contributed by atoms with Gasteiger partial charge >= 0.3 is 0 Å². The lowest BCUT2D eigenvalue weighted by Gasteiger charge is -2.22. The van der Waals surface area contributed by atoms with Crippen LogP contribution < -0.4 is 0 Å². The molecule has 1 fully saturated rings. The second kappa shape index (κ2) is 7.15. The average Bonchev–Trinajstić information content (AvgIpc) is 2.41. The Hall–Kier alpha value is -0.180. The molecular formula is C12H23NOS. The fourth-order valence-electron chi connectivity index (χ4n) is 2.02. The van der Waals surface area contributed by atoms with Crippen molar-refractivity contribution in [3.8, 4) is 0 Å². The Morgan fingerprint density at radius 1 is 1.33 bits per heavy atom. The number of carbonyl (C=O) groups is 1. The fraction of sp³-hybridized carbons (Fsp3) is 0.917. The number of nitrogens with zero attached hydrogens (tertiary/aromatic N) is 1. The zero-order valence-corrected chi connectivity index (χ0v) is 10.6. The third-order valence-corrected chi connectivity index (χ3v) is 3.44. The van der Waals surface area contributed by atoms with Crippen molar-refractivity contribution in [2.75, 3.05) is 18.8 Å². The number of thiol groups is 1. The van der Waals surface area contributed by atoms with Gasteiger partial charge in [-0.1, -0.05) is 13.3 Å². The van der Waals surface area contributed by atoms with Gasteiger partial charge < -0.3 is 4.90 Å². The zero-order chi connectivity index (χ0) is 11.1. The van der Waals surface area contributed by atoms with Crippen LogP contribution in [-0.4, -0.2) is 29.6 Å². The predicted molar refractivity (Wildman–Crippen MR) is 67.3 cm³/mol. The van der Waals surface area contributed by atoms with Crippen molar-refractivity contribution in [2.45, 2.75) is 45.4 Å². The molecule has 0 aromatic heterocycles. The topological polar surface area (TPSA) is 20.3 Å². The highest BCUT2D eigenvalue weighted by atomic mass is 32.1. The molecule has 3 heteroatoms. The molecule has 1 amide bonds. The number of likely N-dealkylation sites (tertiary alicyclic amines) is 1. The van der Waals surface area contributed by atoms with Crippen LogP contribution in [-0.2, 0) is 4.79 Å². The number of carbonyl (C=O) groups excluding carboxylic acids is 1. The lowest BCUT2D eigenvalue weighted by molar-refractivity contribution is -0.130. The van der Waals surface area contributed by atoms with Crippen LogP contribution in [0.15, 0.2) is 0 Å². The lowest BCUT2D eigenvalue weighted by atomic mass is 10.0. The highest BCUT2D eigenvalue weighted by molar-refractivity contribution is 7.80. The maximum absolute atomic E-state index is 11.7. The van der Waals surface area contributed by atoms with E-state index in [1.165, 1.54) is 12.8 Å². The Morgan fingerprint density at radius 3 is 2.87 bits per heavy atom. The average molecular weight is 229 g/mol. The van der Waals surface area contributed by atoms with E-state index in [4.69, 9.17) is 0 Å². The number of hydrogen-bond acceptors (Lipinski definition) is 2. The molecule has 0 aromatic rings. The van der Waals surface area contributed by atoms with Crippen molar-refractivity contribution in [1.82, 2.24) is 4.90 Å². The summed E-state index contributed by atoms with van der Waals surface area (Å²) in [6.07, 6.45) is 6.54. The maximum atomic E-state index is 11.7. The third kappa shape index (κ3) is 4.92. The summed E-state index contributed by atoms with van der Waals surface area (Å²) in [5.74, 6) is 2.01. The minimum Gasteiger partial charge on any atom is -0.343 e. The first-order valence-corrected chi connectivity index (χ1v) is 6.76. The molecule has 1 saturated heterocycles. The van der Waals surface area contributed by atoms with Crippen molar-refractivity contribution in [2.24, 2.45) is 5.92 Å². The molecule has 1 unspecified atom stereocenters. The normalized spacial score (nSPS) is 20.1. The first-order chi connectivity index (χ1) is 7.24. The van der Waals surface area contributed by atoms with Gasteiger partial charge in [-0.25, -0.2) is 0 Å². The van der Waals surface area contributed by atoms with Crippen molar-refractivity contribution in [3.05, 3.63) is 0 Å². The predicted octanol–water partition coefficient (Wildman–Crippen LogP) is 2.74. The summed E-state index contributed by atoms with van der Waals surface area (Å²) >= 11 is 4.23. The second-order valence-electron chi connectivity index (χ2n) is 4.60. The van der Waals surface area contributed by atoms with Gasteiger partial charge in [-0.3, -0.25) is 4.79 Å². The summed E-state index contributed by atoms with van der Waals surface area (Å²) < 4.78 is 0. The van der Waals surface area contributed by atoms with Crippen LogP contribution in [0, 0.1) is 5.92 Å². The highest BCUT2D eigenvalue weighted by Gasteiger charge is 2.16. The molecule has 0 saturated carbocycles. The summed E-state index contributed by atoms with van der Waals surface area (Å²) in [5.41, 5.74) is 0. The summed E-state index contributed by atoms with van der Waals surface area (Å²) in [6, 6.07) is 0. The van der Waals surface area contributed by atoms with E-state index in [2.05, 4.69) is 24.5 Å². The van der Waals surface area contributed by atoms with E-state index in [0.717, 1.165) is 44.5 Å². The summed E-state index contributed by atoms with van der Waals surface area (Å²) in [6.45, 7) is 4.18. The smallest absolute Gasteiger partial charge is 0.222 e. The summed E-state index contributed by atoms with van der Waals surface area (Å²) in [4.78, 5) is 13.8. The Labute approximate surface area is 98.8 Å². The van der Waals surface area contributed by atoms with Gasteiger partial charge in [0, 0.05) is 19.5 Å². The number of hydrogen-bond donors (Lipinski definition) is 1. The van der Waals surface area contributed by atoms with E-state index in [-0.39, 0.29) is 0 Å². The largest absolute Gasteiger partial charge is 0.343 e. The molecule has 2 nitrogen and oxygen atoms in total. The van der Waals surface area contributed by atoms with Crippen LogP contribution in [0.1, 0.15) is 45.4 Å². The van der Waals surface area contributed by atoms with Gasteiger partial charge in [0.05, 0.1) is 0 Å². The third-order valence-electron chi connectivity index (χ3n) is 3.19. The monoisotopic (exact) mass is 229 g/mol. The highest BCUT2D eigenvalue weighted by Crippen LogP contribution is 2.14.